The molecule has 2 aromatic carbocycles. The monoisotopic (exact) mass is 449 g/mol. The van der Waals surface area contributed by atoms with Crippen molar-refractivity contribution in [2.75, 3.05) is 32.1 Å². The van der Waals surface area contributed by atoms with E-state index in [0.717, 1.165) is 0 Å². The molecule has 9 heteroatoms. The van der Waals surface area contributed by atoms with Gasteiger partial charge in [-0.15, -0.1) is 0 Å². The van der Waals surface area contributed by atoms with Crippen molar-refractivity contribution in [3.8, 4) is 17.5 Å². The molecule has 0 spiro atoms. The Morgan fingerprint density at radius 2 is 1.91 bits per heavy atom. The lowest BCUT2D eigenvalue weighted by molar-refractivity contribution is -0.107. The van der Waals surface area contributed by atoms with Crippen LogP contribution in [0.4, 0.5) is 10.2 Å². The van der Waals surface area contributed by atoms with Crippen LogP contribution >= 0.6 is 0 Å². The van der Waals surface area contributed by atoms with Crippen LogP contribution in [-0.2, 0) is 11.3 Å². The van der Waals surface area contributed by atoms with E-state index < -0.39 is 5.91 Å². The Hall–Kier alpha value is -4.03. The van der Waals surface area contributed by atoms with E-state index in [-0.39, 0.29) is 30.5 Å². The molecule has 2 amide bonds. The van der Waals surface area contributed by atoms with Gasteiger partial charge in [0.1, 0.15) is 11.6 Å². The number of aliphatic hydroxyl groups excluding tert-OH is 1. The first kappa shape index (κ1) is 23.6. The van der Waals surface area contributed by atoms with Crippen LogP contribution in [0.1, 0.15) is 28.0 Å². The van der Waals surface area contributed by atoms with Gasteiger partial charge < -0.3 is 19.5 Å². The summed E-state index contributed by atoms with van der Waals surface area (Å²) in [7, 11) is 3.09. The van der Waals surface area contributed by atoms with Gasteiger partial charge >= 0.3 is 0 Å². The Balaban J connectivity index is 2.26. The number of aromatic nitrogens is 2. The SMILES string of the molecule is CN(CCCO)C(=O)c1c(N(C)C=O)nc(-c2ccccc2C#N)n1Cc1ccc(F)cc1. The molecule has 3 aromatic rings. The molecule has 0 fully saturated rings. The fourth-order valence-corrected chi connectivity index (χ4v) is 3.44. The van der Waals surface area contributed by atoms with Crippen molar-refractivity contribution in [2.45, 2.75) is 13.0 Å². The van der Waals surface area contributed by atoms with E-state index in [1.165, 1.54) is 29.0 Å². The molecular weight excluding hydrogens is 425 g/mol. The highest BCUT2D eigenvalue weighted by Gasteiger charge is 2.29. The fourth-order valence-electron chi connectivity index (χ4n) is 3.44. The lowest BCUT2D eigenvalue weighted by atomic mass is 10.1. The van der Waals surface area contributed by atoms with E-state index in [0.29, 0.717) is 41.9 Å². The van der Waals surface area contributed by atoms with Gasteiger partial charge in [0.05, 0.1) is 11.6 Å². The molecule has 0 saturated carbocycles. The first-order chi connectivity index (χ1) is 15.9. The molecule has 0 radical (unpaired) electrons. The first-order valence-electron chi connectivity index (χ1n) is 10.3. The molecule has 1 heterocycles. The Bertz CT molecular complexity index is 1180. The molecule has 170 valence electrons. The molecule has 0 aliphatic rings. The second-order valence-corrected chi connectivity index (χ2v) is 7.50. The van der Waals surface area contributed by atoms with Gasteiger partial charge in [-0.25, -0.2) is 9.37 Å². The lowest BCUT2D eigenvalue weighted by Crippen LogP contribution is -2.32. The maximum atomic E-state index is 13.5. The van der Waals surface area contributed by atoms with Crippen LogP contribution in [0.3, 0.4) is 0 Å². The normalized spacial score (nSPS) is 10.5. The molecule has 3 rings (SSSR count). The summed E-state index contributed by atoms with van der Waals surface area (Å²) in [5.74, 6) is -0.321. The number of benzene rings is 2. The second kappa shape index (κ2) is 10.5. The van der Waals surface area contributed by atoms with Gasteiger partial charge in [0.2, 0.25) is 6.41 Å². The van der Waals surface area contributed by atoms with Crippen LogP contribution in [0, 0.1) is 17.1 Å². The number of aliphatic hydroxyl groups is 1. The Kier molecular flexibility index (Phi) is 7.53. The molecule has 33 heavy (non-hydrogen) atoms. The number of halogens is 1. The minimum atomic E-state index is -0.401. The number of nitrogens with zero attached hydrogens (tertiary/aromatic N) is 5. The maximum absolute atomic E-state index is 13.5. The molecule has 8 nitrogen and oxygen atoms in total. The molecule has 0 unspecified atom stereocenters. The van der Waals surface area contributed by atoms with Crippen molar-refractivity contribution in [3.05, 3.63) is 71.2 Å². The van der Waals surface area contributed by atoms with Gasteiger partial charge in [0, 0.05) is 39.4 Å². The van der Waals surface area contributed by atoms with Crippen LogP contribution in [0.2, 0.25) is 0 Å². The topological polar surface area (TPSA) is 102 Å². The van der Waals surface area contributed by atoms with E-state index in [2.05, 4.69) is 11.1 Å². The number of carbonyl (C=O) groups excluding carboxylic acids is 2. The molecule has 0 aliphatic carbocycles. The van der Waals surface area contributed by atoms with Crippen molar-refractivity contribution in [1.29, 1.82) is 5.26 Å². The summed E-state index contributed by atoms with van der Waals surface area (Å²) in [6, 6.07) is 14.8. The molecular formula is C24H24FN5O3. The maximum Gasteiger partial charge on any atom is 0.274 e. The van der Waals surface area contributed by atoms with E-state index in [4.69, 9.17) is 5.11 Å². The van der Waals surface area contributed by atoms with Gasteiger partial charge in [0.25, 0.3) is 5.91 Å². The van der Waals surface area contributed by atoms with Gasteiger partial charge in [-0.05, 0) is 36.2 Å². The van der Waals surface area contributed by atoms with Crippen LogP contribution in [-0.4, -0.2) is 59.1 Å². The molecule has 0 bridgehead atoms. The Morgan fingerprint density at radius 1 is 1.21 bits per heavy atom. The number of hydrogen-bond donors (Lipinski definition) is 1. The van der Waals surface area contributed by atoms with Gasteiger partial charge in [-0.3, -0.25) is 9.59 Å². The highest BCUT2D eigenvalue weighted by atomic mass is 19.1. The third kappa shape index (κ3) is 5.07. The smallest absolute Gasteiger partial charge is 0.274 e. The summed E-state index contributed by atoms with van der Waals surface area (Å²) in [5, 5.41) is 18.8. The number of amides is 2. The van der Waals surface area contributed by atoms with Crippen LogP contribution in [0.15, 0.2) is 48.5 Å². The van der Waals surface area contributed by atoms with Gasteiger partial charge in [-0.2, -0.15) is 5.26 Å². The zero-order valence-corrected chi connectivity index (χ0v) is 18.4. The quantitative estimate of drug-likeness (QED) is 0.506. The van der Waals surface area contributed by atoms with Crippen molar-refractivity contribution in [3.63, 3.8) is 0 Å². The summed E-state index contributed by atoms with van der Waals surface area (Å²) < 4.78 is 15.1. The van der Waals surface area contributed by atoms with E-state index in [9.17, 15) is 19.2 Å². The average Bonchev–Trinajstić information content (AvgIpc) is 3.21. The predicted molar refractivity (Wildman–Crippen MR) is 121 cm³/mol. The van der Waals surface area contributed by atoms with Gasteiger partial charge in [-0.1, -0.05) is 24.3 Å². The zero-order valence-electron chi connectivity index (χ0n) is 18.4. The number of rotatable bonds is 9. The van der Waals surface area contributed by atoms with Crippen molar-refractivity contribution in [2.24, 2.45) is 0 Å². The number of imidazole rings is 1. The van der Waals surface area contributed by atoms with E-state index >= 15 is 0 Å². The predicted octanol–water partition coefficient (Wildman–Crippen LogP) is 2.66. The molecule has 1 N–H and O–H groups in total. The van der Waals surface area contributed by atoms with Crippen molar-refractivity contribution < 1.29 is 19.1 Å². The largest absolute Gasteiger partial charge is 0.396 e. The Morgan fingerprint density at radius 3 is 2.55 bits per heavy atom. The first-order valence-corrected chi connectivity index (χ1v) is 10.3. The average molecular weight is 449 g/mol. The van der Waals surface area contributed by atoms with Crippen LogP contribution in [0.25, 0.3) is 11.4 Å². The number of carbonyl (C=O) groups is 2. The number of nitriles is 1. The fraction of sp³-hybridized carbons (Fsp3) is 0.250. The Labute approximate surface area is 191 Å². The molecule has 0 saturated heterocycles. The standard InChI is InChI=1S/C24H24FN5O3/c1-28(12-5-13-31)24(33)21-23(29(2)16-32)27-22(20-7-4-3-6-18(20)14-26)30(21)15-17-8-10-19(25)11-9-17/h3-4,6-11,16,31H,5,12-13,15H2,1-2H3. The summed E-state index contributed by atoms with van der Waals surface area (Å²) >= 11 is 0. The summed E-state index contributed by atoms with van der Waals surface area (Å²) in [6.07, 6.45) is 0.937. The third-order valence-corrected chi connectivity index (χ3v) is 5.18. The highest BCUT2D eigenvalue weighted by molar-refractivity contribution is 6.00. The third-order valence-electron chi connectivity index (χ3n) is 5.18. The number of hydrogen-bond acceptors (Lipinski definition) is 5. The van der Waals surface area contributed by atoms with Crippen LogP contribution in [0.5, 0.6) is 0 Å². The summed E-state index contributed by atoms with van der Waals surface area (Å²) in [6.45, 7) is 0.379. The van der Waals surface area contributed by atoms with Crippen molar-refractivity contribution in [1.82, 2.24) is 14.5 Å². The summed E-state index contributed by atoms with van der Waals surface area (Å²) in [4.78, 5) is 32.3. The zero-order chi connectivity index (χ0) is 24.0. The van der Waals surface area contributed by atoms with Gasteiger partial charge in [0.15, 0.2) is 11.5 Å². The minimum Gasteiger partial charge on any atom is -0.396 e. The highest BCUT2D eigenvalue weighted by Crippen LogP contribution is 2.31. The molecule has 0 aliphatic heterocycles. The lowest BCUT2D eigenvalue weighted by Gasteiger charge is -2.20. The molecule has 0 atom stereocenters. The second-order valence-electron chi connectivity index (χ2n) is 7.50. The van der Waals surface area contributed by atoms with E-state index in [1.54, 1.807) is 48.0 Å². The number of anilines is 1. The molecule has 1 aromatic heterocycles. The van der Waals surface area contributed by atoms with Crippen molar-refractivity contribution >= 4 is 18.1 Å². The minimum absolute atomic E-state index is 0.0750. The van der Waals surface area contributed by atoms with Crippen LogP contribution < -0.4 is 4.90 Å². The van der Waals surface area contributed by atoms with E-state index in [1.807, 2.05) is 0 Å². The summed E-state index contributed by atoms with van der Waals surface area (Å²) in [5.41, 5.74) is 1.71.